The van der Waals surface area contributed by atoms with Crippen LogP contribution in [-0.2, 0) is 21.4 Å². The summed E-state index contributed by atoms with van der Waals surface area (Å²) in [7, 11) is -1.93. The van der Waals surface area contributed by atoms with Crippen molar-refractivity contribution >= 4 is 44.8 Å². The molecule has 1 N–H and O–H groups in total. The van der Waals surface area contributed by atoms with Crippen molar-refractivity contribution in [2.45, 2.75) is 19.4 Å². The van der Waals surface area contributed by atoms with Gasteiger partial charge in [0.1, 0.15) is 5.75 Å². The molecule has 9 heteroatoms. The first-order valence-electron chi connectivity index (χ1n) is 8.53. The molecule has 0 fully saturated rings. The van der Waals surface area contributed by atoms with Gasteiger partial charge >= 0.3 is 0 Å². The number of hydrogen-bond donors (Lipinski definition) is 1. The molecule has 0 spiro atoms. The van der Waals surface area contributed by atoms with Crippen LogP contribution >= 0.6 is 23.2 Å². The third kappa shape index (κ3) is 6.58. The molecule has 0 saturated carbocycles. The average Bonchev–Trinajstić information content (AvgIpc) is 2.65. The van der Waals surface area contributed by atoms with Crippen LogP contribution in [0.5, 0.6) is 5.75 Å². The van der Waals surface area contributed by atoms with Crippen molar-refractivity contribution in [3.05, 3.63) is 58.1 Å². The highest BCUT2D eigenvalue weighted by Crippen LogP contribution is 2.28. The lowest BCUT2D eigenvalue weighted by Gasteiger charge is -2.22. The molecular formula is C19H22Cl2N2O4S. The number of sulfonamides is 1. The monoisotopic (exact) mass is 444 g/mol. The van der Waals surface area contributed by atoms with Crippen LogP contribution in [0.1, 0.15) is 18.4 Å². The summed E-state index contributed by atoms with van der Waals surface area (Å²) >= 11 is 11.9. The van der Waals surface area contributed by atoms with Crippen LogP contribution in [0.2, 0.25) is 10.0 Å². The van der Waals surface area contributed by atoms with Crippen molar-refractivity contribution in [3.63, 3.8) is 0 Å². The minimum Gasteiger partial charge on any atom is -0.497 e. The maximum Gasteiger partial charge on any atom is 0.232 e. The predicted octanol–water partition coefficient (Wildman–Crippen LogP) is 3.86. The second-order valence-electron chi connectivity index (χ2n) is 6.16. The quantitative estimate of drug-likeness (QED) is 0.636. The Hall–Kier alpha value is -1.96. The molecule has 152 valence electrons. The van der Waals surface area contributed by atoms with Crippen molar-refractivity contribution < 1.29 is 17.9 Å². The number of nitrogens with zero attached hydrogens (tertiary/aromatic N) is 1. The Morgan fingerprint density at radius 1 is 1.11 bits per heavy atom. The molecule has 0 unspecified atom stereocenters. The lowest BCUT2D eigenvalue weighted by Crippen LogP contribution is -2.32. The SMILES string of the molecule is COc1ccc(CNC(=O)CCCN(c2ccc(Cl)c(Cl)c2)S(C)(=O)=O)cc1. The molecule has 28 heavy (non-hydrogen) atoms. The number of benzene rings is 2. The van der Waals surface area contributed by atoms with E-state index in [1.165, 1.54) is 10.4 Å². The Balaban J connectivity index is 1.89. The number of ether oxygens (including phenoxy) is 1. The van der Waals surface area contributed by atoms with Gasteiger partial charge in [0.2, 0.25) is 15.9 Å². The molecule has 0 aliphatic carbocycles. The van der Waals surface area contributed by atoms with Crippen LogP contribution in [0.25, 0.3) is 0 Å². The van der Waals surface area contributed by atoms with Gasteiger partial charge in [-0.25, -0.2) is 8.42 Å². The average molecular weight is 445 g/mol. The molecule has 1 amide bonds. The van der Waals surface area contributed by atoms with Gasteiger partial charge in [-0.15, -0.1) is 0 Å². The molecule has 0 aliphatic heterocycles. The van der Waals surface area contributed by atoms with Crippen LogP contribution in [0, 0.1) is 0 Å². The van der Waals surface area contributed by atoms with Crippen molar-refractivity contribution in [3.8, 4) is 5.75 Å². The van der Waals surface area contributed by atoms with E-state index in [9.17, 15) is 13.2 Å². The number of nitrogens with one attached hydrogen (secondary N) is 1. The number of rotatable bonds is 9. The Bertz CT molecular complexity index is 918. The van der Waals surface area contributed by atoms with E-state index in [-0.39, 0.29) is 23.9 Å². The van der Waals surface area contributed by atoms with Gasteiger partial charge in [0, 0.05) is 19.5 Å². The predicted molar refractivity (Wildman–Crippen MR) is 113 cm³/mol. The maximum atomic E-state index is 12.1. The number of hydrogen-bond acceptors (Lipinski definition) is 4. The number of carbonyl (C=O) groups is 1. The fourth-order valence-corrected chi connectivity index (χ4v) is 3.79. The lowest BCUT2D eigenvalue weighted by atomic mass is 10.2. The Morgan fingerprint density at radius 2 is 1.79 bits per heavy atom. The van der Waals surface area contributed by atoms with E-state index in [2.05, 4.69) is 5.32 Å². The van der Waals surface area contributed by atoms with E-state index in [1.807, 2.05) is 24.3 Å². The normalized spacial score (nSPS) is 11.1. The van der Waals surface area contributed by atoms with Crippen LogP contribution in [0.15, 0.2) is 42.5 Å². The molecule has 2 aromatic rings. The van der Waals surface area contributed by atoms with Crippen LogP contribution in [0.3, 0.4) is 0 Å². The van der Waals surface area contributed by atoms with E-state index >= 15 is 0 Å². The molecule has 0 aromatic heterocycles. The highest BCUT2D eigenvalue weighted by molar-refractivity contribution is 7.92. The van der Waals surface area contributed by atoms with Crippen molar-refractivity contribution in [1.82, 2.24) is 5.32 Å². The molecule has 0 bridgehead atoms. The summed E-state index contributed by atoms with van der Waals surface area (Å²) in [6.07, 6.45) is 1.67. The minimum atomic E-state index is -3.52. The molecule has 2 aromatic carbocycles. The first kappa shape index (κ1) is 22.3. The van der Waals surface area contributed by atoms with Gasteiger partial charge in [-0.3, -0.25) is 9.10 Å². The van der Waals surface area contributed by atoms with Gasteiger partial charge < -0.3 is 10.1 Å². The summed E-state index contributed by atoms with van der Waals surface area (Å²) in [6, 6.07) is 12.0. The fourth-order valence-electron chi connectivity index (χ4n) is 2.54. The molecule has 0 heterocycles. The van der Waals surface area contributed by atoms with Gasteiger partial charge in [-0.05, 0) is 42.3 Å². The van der Waals surface area contributed by atoms with Crippen molar-refractivity contribution in [2.24, 2.45) is 0 Å². The minimum absolute atomic E-state index is 0.154. The Morgan fingerprint density at radius 3 is 2.36 bits per heavy atom. The number of amides is 1. The summed E-state index contributed by atoms with van der Waals surface area (Å²) in [5, 5.41) is 3.43. The first-order valence-corrected chi connectivity index (χ1v) is 11.1. The fraction of sp³-hybridized carbons (Fsp3) is 0.316. The molecular weight excluding hydrogens is 423 g/mol. The molecule has 0 aliphatic rings. The van der Waals surface area contributed by atoms with E-state index in [0.717, 1.165) is 17.6 Å². The zero-order valence-corrected chi connectivity index (χ0v) is 17.9. The third-order valence-corrected chi connectivity index (χ3v) is 5.94. The highest BCUT2D eigenvalue weighted by Gasteiger charge is 2.18. The van der Waals surface area contributed by atoms with Crippen molar-refractivity contribution in [2.75, 3.05) is 24.2 Å². The summed E-state index contributed by atoms with van der Waals surface area (Å²) in [4.78, 5) is 12.1. The zero-order valence-electron chi connectivity index (χ0n) is 15.6. The number of methoxy groups -OCH3 is 1. The summed E-state index contributed by atoms with van der Waals surface area (Å²) < 4.78 is 30.5. The second-order valence-corrected chi connectivity index (χ2v) is 8.88. The lowest BCUT2D eigenvalue weighted by molar-refractivity contribution is -0.121. The summed E-state index contributed by atoms with van der Waals surface area (Å²) in [5.41, 5.74) is 1.36. The number of anilines is 1. The molecule has 0 radical (unpaired) electrons. The molecule has 6 nitrogen and oxygen atoms in total. The smallest absolute Gasteiger partial charge is 0.232 e. The van der Waals surface area contributed by atoms with Crippen molar-refractivity contribution in [1.29, 1.82) is 0 Å². The number of carbonyl (C=O) groups excluding carboxylic acids is 1. The second kappa shape index (κ2) is 10.0. The van der Waals surface area contributed by atoms with E-state index in [1.54, 1.807) is 19.2 Å². The van der Waals surface area contributed by atoms with E-state index in [4.69, 9.17) is 27.9 Å². The Kier molecular flexibility index (Phi) is 7.98. The largest absolute Gasteiger partial charge is 0.497 e. The van der Waals surface area contributed by atoms with Gasteiger partial charge in [-0.1, -0.05) is 35.3 Å². The summed E-state index contributed by atoms with van der Waals surface area (Å²) in [5.74, 6) is 0.594. The van der Waals surface area contributed by atoms with Crippen LogP contribution in [0.4, 0.5) is 5.69 Å². The number of halogens is 2. The topological polar surface area (TPSA) is 75.7 Å². The maximum absolute atomic E-state index is 12.1. The molecule has 0 atom stereocenters. The van der Waals surface area contributed by atoms with E-state index < -0.39 is 10.0 Å². The van der Waals surface area contributed by atoms with Gasteiger partial charge in [0.15, 0.2) is 0 Å². The third-order valence-electron chi connectivity index (χ3n) is 4.01. The standard InChI is InChI=1S/C19H22Cl2N2O4S/c1-27-16-8-5-14(6-9-16)13-22-19(24)4-3-11-23(28(2,25)26)15-7-10-17(20)18(21)12-15/h5-10,12H,3-4,11,13H2,1-2H3,(H,22,24). The highest BCUT2D eigenvalue weighted by atomic mass is 35.5. The van der Waals surface area contributed by atoms with Gasteiger partial charge in [0.25, 0.3) is 0 Å². The van der Waals surface area contributed by atoms with Gasteiger partial charge in [0.05, 0.1) is 29.1 Å². The Labute approximate surface area is 175 Å². The first-order chi connectivity index (χ1) is 13.2. The van der Waals surface area contributed by atoms with Gasteiger partial charge in [-0.2, -0.15) is 0 Å². The zero-order chi connectivity index (χ0) is 20.7. The van der Waals surface area contributed by atoms with Crippen LogP contribution in [-0.4, -0.2) is 34.2 Å². The molecule has 0 saturated heterocycles. The molecule has 2 rings (SSSR count). The van der Waals surface area contributed by atoms with Crippen LogP contribution < -0.4 is 14.4 Å². The van der Waals surface area contributed by atoms with E-state index in [0.29, 0.717) is 23.7 Å². The summed E-state index contributed by atoms with van der Waals surface area (Å²) in [6.45, 7) is 0.554.